The smallest absolute Gasteiger partial charge is 0.257 e. The molecule has 0 fully saturated rings. The summed E-state index contributed by atoms with van der Waals surface area (Å²) in [5.74, 6) is -0.399. The second-order valence-corrected chi connectivity index (χ2v) is 5.70. The maximum Gasteiger partial charge on any atom is 0.257 e. The lowest BCUT2D eigenvalue weighted by molar-refractivity contribution is 0.0949. The molecule has 116 valence electrons. The largest absolute Gasteiger partial charge is 0.360 e. The molecule has 0 spiro atoms. The second-order valence-electron chi connectivity index (χ2n) is 5.29. The van der Waals surface area contributed by atoms with Crippen LogP contribution in [0.2, 0.25) is 5.02 Å². The van der Waals surface area contributed by atoms with Crippen molar-refractivity contribution in [2.45, 2.75) is 13.5 Å². The van der Waals surface area contributed by atoms with Crippen molar-refractivity contribution < 1.29 is 4.79 Å². The van der Waals surface area contributed by atoms with Crippen molar-refractivity contribution in [3.8, 4) is 0 Å². The fourth-order valence-corrected chi connectivity index (χ4v) is 2.62. The number of halogens is 1. The quantitative estimate of drug-likeness (QED) is 0.774. The molecule has 3 rings (SSSR count). The fraction of sp³-hybridized carbons (Fsp3) is 0.111. The van der Waals surface area contributed by atoms with Crippen LogP contribution in [0.1, 0.15) is 21.5 Å². The van der Waals surface area contributed by atoms with E-state index < -0.39 is 5.91 Å². The number of amides is 1. The standard InChI is InChI=1S/C18H15ClN2O2/c1-11-15(19)8-7-13-16(11)20-10-14(17(13)22)18(23)21-9-12-5-3-2-4-6-12/h2-8,10H,9H2,1H3,(H,20,22)(H,21,23). The highest BCUT2D eigenvalue weighted by Gasteiger charge is 2.14. The van der Waals surface area contributed by atoms with Gasteiger partial charge in [-0.15, -0.1) is 0 Å². The summed E-state index contributed by atoms with van der Waals surface area (Å²) in [5, 5.41) is 3.80. The molecule has 0 unspecified atom stereocenters. The average molecular weight is 327 g/mol. The Balaban J connectivity index is 1.91. The topological polar surface area (TPSA) is 62.0 Å². The van der Waals surface area contributed by atoms with Gasteiger partial charge in [0.2, 0.25) is 5.43 Å². The monoisotopic (exact) mass is 326 g/mol. The lowest BCUT2D eigenvalue weighted by Gasteiger charge is -2.08. The maximum absolute atomic E-state index is 12.5. The number of nitrogens with one attached hydrogen (secondary N) is 2. The van der Waals surface area contributed by atoms with Crippen LogP contribution in [0.15, 0.2) is 53.5 Å². The minimum Gasteiger partial charge on any atom is -0.360 e. The normalized spacial score (nSPS) is 10.7. The third kappa shape index (κ3) is 2.98. The predicted octanol–water partition coefficient (Wildman–Crippen LogP) is 3.42. The molecule has 2 N–H and O–H groups in total. The van der Waals surface area contributed by atoms with Gasteiger partial charge in [-0.3, -0.25) is 9.59 Å². The molecule has 0 aliphatic heterocycles. The molecular formula is C18H15ClN2O2. The van der Waals surface area contributed by atoms with Gasteiger partial charge in [0.05, 0.1) is 5.52 Å². The average Bonchev–Trinajstić information content (AvgIpc) is 2.57. The molecule has 0 radical (unpaired) electrons. The van der Waals surface area contributed by atoms with E-state index in [2.05, 4.69) is 10.3 Å². The third-order valence-electron chi connectivity index (χ3n) is 3.79. The number of aromatic amines is 1. The van der Waals surface area contributed by atoms with Crippen LogP contribution in [0.4, 0.5) is 0 Å². The molecule has 2 aromatic carbocycles. The minimum atomic E-state index is -0.399. The van der Waals surface area contributed by atoms with Gasteiger partial charge in [0.25, 0.3) is 5.91 Å². The Morgan fingerprint density at radius 3 is 2.65 bits per heavy atom. The number of H-pyrrole nitrogens is 1. The first-order valence-electron chi connectivity index (χ1n) is 7.20. The summed E-state index contributed by atoms with van der Waals surface area (Å²) in [7, 11) is 0. The minimum absolute atomic E-state index is 0.0927. The lowest BCUT2D eigenvalue weighted by atomic mass is 10.1. The Morgan fingerprint density at radius 1 is 1.17 bits per heavy atom. The Morgan fingerprint density at radius 2 is 1.91 bits per heavy atom. The number of hydrogen-bond donors (Lipinski definition) is 2. The van der Waals surface area contributed by atoms with Crippen LogP contribution in [-0.2, 0) is 6.54 Å². The van der Waals surface area contributed by atoms with Crippen molar-refractivity contribution in [1.29, 1.82) is 0 Å². The number of fused-ring (bicyclic) bond motifs is 1. The molecule has 5 heteroatoms. The number of hydrogen-bond acceptors (Lipinski definition) is 2. The highest BCUT2D eigenvalue weighted by atomic mass is 35.5. The van der Waals surface area contributed by atoms with Gasteiger partial charge in [-0.2, -0.15) is 0 Å². The molecule has 3 aromatic rings. The van der Waals surface area contributed by atoms with Crippen LogP contribution >= 0.6 is 11.6 Å². The zero-order valence-corrected chi connectivity index (χ0v) is 13.3. The van der Waals surface area contributed by atoms with Gasteiger partial charge < -0.3 is 10.3 Å². The van der Waals surface area contributed by atoms with Crippen molar-refractivity contribution in [2.75, 3.05) is 0 Å². The molecule has 1 heterocycles. The molecule has 1 amide bonds. The van der Waals surface area contributed by atoms with Crippen molar-refractivity contribution in [3.63, 3.8) is 0 Å². The predicted molar refractivity (Wildman–Crippen MR) is 91.9 cm³/mol. The van der Waals surface area contributed by atoms with E-state index in [0.717, 1.165) is 11.1 Å². The van der Waals surface area contributed by atoms with Gasteiger partial charge in [0, 0.05) is 23.2 Å². The zero-order chi connectivity index (χ0) is 16.4. The van der Waals surface area contributed by atoms with Crippen LogP contribution < -0.4 is 10.7 Å². The first-order valence-corrected chi connectivity index (χ1v) is 7.58. The number of carbonyl (C=O) groups is 1. The number of pyridine rings is 1. The molecule has 0 atom stereocenters. The molecule has 0 bridgehead atoms. The summed E-state index contributed by atoms with van der Waals surface area (Å²) in [6, 6.07) is 12.8. The van der Waals surface area contributed by atoms with E-state index >= 15 is 0 Å². The Kier molecular flexibility index (Phi) is 4.17. The molecule has 23 heavy (non-hydrogen) atoms. The van der Waals surface area contributed by atoms with Gasteiger partial charge in [0.1, 0.15) is 5.56 Å². The van der Waals surface area contributed by atoms with Crippen molar-refractivity contribution in [1.82, 2.24) is 10.3 Å². The van der Waals surface area contributed by atoms with Gasteiger partial charge >= 0.3 is 0 Å². The van der Waals surface area contributed by atoms with Crippen molar-refractivity contribution >= 4 is 28.4 Å². The molecule has 0 aliphatic rings. The zero-order valence-electron chi connectivity index (χ0n) is 12.5. The van der Waals surface area contributed by atoms with E-state index in [1.807, 2.05) is 37.3 Å². The van der Waals surface area contributed by atoms with Crippen LogP contribution in [0.25, 0.3) is 10.9 Å². The first kappa shape index (κ1) is 15.3. The number of benzene rings is 2. The van der Waals surface area contributed by atoms with E-state index in [1.54, 1.807) is 12.1 Å². The van der Waals surface area contributed by atoms with E-state index in [4.69, 9.17) is 11.6 Å². The Labute approximate surface area is 138 Å². The van der Waals surface area contributed by atoms with Gasteiger partial charge in [-0.1, -0.05) is 41.9 Å². The number of rotatable bonds is 3. The van der Waals surface area contributed by atoms with Crippen molar-refractivity contribution in [2.24, 2.45) is 0 Å². The summed E-state index contributed by atoms with van der Waals surface area (Å²) >= 11 is 6.06. The van der Waals surface area contributed by atoms with Gasteiger partial charge in [-0.05, 0) is 30.2 Å². The fourth-order valence-electron chi connectivity index (χ4n) is 2.46. The third-order valence-corrected chi connectivity index (χ3v) is 4.20. The van der Waals surface area contributed by atoms with E-state index in [1.165, 1.54) is 6.20 Å². The number of aromatic nitrogens is 1. The van der Waals surface area contributed by atoms with Gasteiger partial charge in [0.15, 0.2) is 0 Å². The Hall–Kier alpha value is -2.59. The van der Waals surface area contributed by atoms with Crippen LogP contribution in [-0.4, -0.2) is 10.9 Å². The summed E-state index contributed by atoms with van der Waals surface area (Å²) in [6.45, 7) is 2.20. The lowest BCUT2D eigenvalue weighted by Crippen LogP contribution is -2.28. The Bertz CT molecular complexity index is 933. The van der Waals surface area contributed by atoms with Crippen LogP contribution in [0.5, 0.6) is 0 Å². The van der Waals surface area contributed by atoms with Crippen LogP contribution in [0.3, 0.4) is 0 Å². The summed E-state index contributed by atoms with van der Waals surface area (Å²) in [6.07, 6.45) is 1.44. The highest BCUT2D eigenvalue weighted by molar-refractivity contribution is 6.32. The first-order chi connectivity index (χ1) is 11.1. The highest BCUT2D eigenvalue weighted by Crippen LogP contribution is 2.21. The molecule has 4 nitrogen and oxygen atoms in total. The number of aryl methyl sites for hydroxylation is 1. The number of carbonyl (C=O) groups excluding carboxylic acids is 1. The second kappa shape index (κ2) is 6.26. The van der Waals surface area contributed by atoms with E-state index in [-0.39, 0.29) is 11.0 Å². The summed E-state index contributed by atoms with van der Waals surface area (Å²) in [5.41, 5.74) is 2.21. The molecular weight excluding hydrogens is 312 g/mol. The SMILES string of the molecule is Cc1c(Cl)ccc2c(=O)c(C(=O)NCc3ccccc3)c[nH]c12. The molecule has 0 aliphatic carbocycles. The molecule has 0 saturated heterocycles. The van der Waals surface area contributed by atoms with Gasteiger partial charge in [-0.25, -0.2) is 0 Å². The van der Waals surface area contributed by atoms with Crippen molar-refractivity contribution in [3.05, 3.63) is 80.6 Å². The van der Waals surface area contributed by atoms with E-state index in [9.17, 15) is 9.59 Å². The molecule has 0 saturated carbocycles. The summed E-state index contributed by atoms with van der Waals surface area (Å²) in [4.78, 5) is 27.8. The maximum atomic E-state index is 12.5. The van der Waals surface area contributed by atoms with Crippen LogP contribution in [0, 0.1) is 6.92 Å². The summed E-state index contributed by atoms with van der Waals surface area (Å²) < 4.78 is 0. The molecule has 1 aromatic heterocycles. The van der Waals surface area contributed by atoms with E-state index in [0.29, 0.717) is 22.5 Å².